The maximum atomic E-state index is 13.2. The Hall–Kier alpha value is -1.98. The first-order chi connectivity index (χ1) is 9.46. The number of phenolic OH excluding ortho intramolecular Hbond substituents is 1. The highest BCUT2D eigenvalue weighted by Gasteiger charge is 2.36. The molecule has 1 aromatic carbocycles. The van der Waals surface area contributed by atoms with Gasteiger partial charge in [0.1, 0.15) is 5.75 Å². The van der Waals surface area contributed by atoms with Crippen molar-refractivity contribution in [1.82, 2.24) is 9.78 Å². The lowest BCUT2D eigenvalue weighted by Crippen LogP contribution is -2.33. The van der Waals surface area contributed by atoms with Crippen molar-refractivity contribution in [3.63, 3.8) is 0 Å². The van der Waals surface area contributed by atoms with Gasteiger partial charge >= 0.3 is 0 Å². The molecule has 1 N–H and O–H groups in total. The first-order valence-electron chi connectivity index (χ1n) is 6.55. The van der Waals surface area contributed by atoms with Gasteiger partial charge in [-0.1, -0.05) is 0 Å². The second kappa shape index (κ2) is 4.54. The van der Waals surface area contributed by atoms with E-state index in [0.717, 1.165) is 0 Å². The molecular weight excluding hydrogens is 266 g/mol. The zero-order chi connectivity index (χ0) is 14.3. The van der Waals surface area contributed by atoms with Crippen molar-refractivity contribution in [2.45, 2.75) is 37.6 Å². The SMILES string of the molecule is O=c1c2ccc(O)cc2cnn1C1CCC(F)(F)CC1. The fourth-order valence-electron chi connectivity index (χ4n) is 2.68. The first kappa shape index (κ1) is 13.0. The fourth-order valence-corrected chi connectivity index (χ4v) is 2.68. The monoisotopic (exact) mass is 280 g/mol. The third-order valence-corrected chi connectivity index (χ3v) is 3.83. The molecule has 1 aliphatic rings. The summed E-state index contributed by atoms with van der Waals surface area (Å²) in [5.74, 6) is -2.56. The minimum Gasteiger partial charge on any atom is -0.508 e. The molecule has 0 saturated heterocycles. The summed E-state index contributed by atoms with van der Waals surface area (Å²) < 4.78 is 27.6. The number of hydrogen-bond donors (Lipinski definition) is 1. The van der Waals surface area contributed by atoms with Gasteiger partial charge in [0.05, 0.1) is 17.6 Å². The van der Waals surface area contributed by atoms with Crippen molar-refractivity contribution in [2.75, 3.05) is 0 Å². The van der Waals surface area contributed by atoms with Gasteiger partial charge in [-0.3, -0.25) is 4.79 Å². The van der Waals surface area contributed by atoms with Crippen LogP contribution >= 0.6 is 0 Å². The van der Waals surface area contributed by atoms with Crippen molar-refractivity contribution in [2.24, 2.45) is 0 Å². The predicted octanol–water partition coefficient (Wildman–Crippen LogP) is 2.85. The van der Waals surface area contributed by atoms with Gasteiger partial charge in [-0.2, -0.15) is 5.10 Å². The molecule has 106 valence electrons. The third-order valence-electron chi connectivity index (χ3n) is 3.83. The average Bonchev–Trinajstić information content (AvgIpc) is 2.40. The number of aromatic hydroxyl groups is 1. The standard InChI is InChI=1S/C14H14F2N2O2/c15-14(16)5-3-10(4-6-14)18-13(20)12-2-1-11(19)7-9(12)8-17-18/h1-2,7-8,10,19H,3-6H2. The third kappa shape index (κ3) is 2.26. The van der Waals surface area contributed by atoms with Crippen molar-refractivity contribution >= 4 is 10.8 Å². The van der Waals surface area contributed by atoms with E-state index in [4.69, 9.17) is 0 Å². The van der Waals surface area contributed by atoms with Crippen LogP contribution in [-0.2, 0) is 0 Å². The largest absolute Gasteiger partial charge is 0.508 e. The van der Waals surface area contributed by atoms with E-state index < -0.39 is 5.92 Å². The van der Waals surface area contributed by atoms with Crippen LogP contribution in [0.15, 0.2) is 29.2 Å². The van der Waals surface area contributed by atoms with Crippen LogP contribution in [0.25, 0.3) is 10.8 Å². The lowest BCUT2D eigenvalue weighted by Gasteiger charge is -2.28. The molecule has 20 heavy (non-hydrogen) atoms. The highest BCUT2D eigenvalue weighted by atomic mass is 19.3. The summed E-state index contributed by atoms with van der Waals surface area (Å²) in [6, 6.07) is 4.15. The number of rotatable bonds is 1. The van der Waals surface area contributed by atoms with Gasteiger partial charge in [0.2, 0.25) is 5.92 Å². The number of alkyl halides is 2. The molecule has 1 aliphatic carbocycles. The first-order valence-corrected chi connectivity index (χ1v) is 6.55. The van der Waals surface area contributed by atoms with Crippen LogP contribution in [-0.4, -0.2) is 20.8 Å². The van der Waals surface area contributed by atoms with Crippen LogP contribution < -0.4 is 5.56 Å². The quantitative estimate of drug-likeness (QED) is 0.874. The maximum absolute atomic E-state index is 13.2. The number of phenols is 1. The number of hydrogen-bond acceptors (Lipinski definition) is 3. The molecule has 0 atom stereocenters. The second-order valence-electron chi connectivity index (χ2n) is 5.25. The van der Waals surface area contributed by atoms with Gasteiger partial charge in [-0.25, -0.2) is 13.5 Å². The minimum absolute atomic E-state index is 0.0637. The van der Waals surface area contributed by atoms with E-state index in [9.17, 15) is 18.7 Å². The average molecular weight is 280 g/mol. The smallest absolute Gasteiger partial charge is 0.274 e. The van der Waals surface area contributed by atoms with E-state index >= 15 is 0 Å². The molecule has 0 unspecified atom stereocenters. The summed E-state index contributed by atoms with van der Waals surface area (Å²) in [5.41, 5.74) is -0.294. The van der Waals surface area contributed by atoms with E-state index in [0.29, 0.717) is 10.8 Å². The molecule has 2 aromatic rings. The summed E-state index contributed by atoms with van der Waals surface area (Å²) in [5, 5.41) is 14.4. The van der Waals surface area contributed by atoms with Crippen molar-refractivity contribution in [3.8, 4) is 5.75 Å². The summed E-state index contributed by atoms with van der Waals surface area (Å²) in [6.45, 7) is 0. The van der Waals surface area contributed by atoms with Gasteiger partial charge in [-0.05, 0) is 31.0 Å². The summed E-state index contributed by atoms with van der Waals surface area (Å²) in [4.78, 5) is 12.3. The van der Waals surface area contributed by atoms with E-state index in [-0.39, 0.29) is 43.0 Å². The summed E-state index contributed by atoms with van der Waals surface area (Å²) in [7, 11) is 0. The second-order valence-corrected chi connectivity index (χ2v) is 5.25. The van der Waals surface area contributed by atoms with E-state index in [1.807, 2.05) is 0 Å². The molecule has 6 heteroatoms. The lowest BCUT2D eigenvalue weighted by atomic mass is 9.92. The Morgan fingerprint density at radius 3 is 2.70 bits per heavy atom. The number of aromatic nitrogens is 2. The van der Waals surface area contributed by atoms with Gasteiger partial charge in [0, 0.05) is 18.2 Å². The topological polar surface area (TPSA) is 55.1 Å². The van der Waals surface area contributed by atoms with Crippen molar-refractivity contribution in [3.05, 3.63) is 34.7 Å². The Kier molecular flexibility index (Phi) is 2.96. The molecule has 1 heterocycles. The van der Waals surface area contributed by atoms with Gasteiger partial charge < -0.3 is 5.11 Å². The maximum Gasteiger partial charge on any atom is 0.274 e. The fraction of sp³-hybridized carbons (Fsp3) is 0.429. The Morgan fingerprint density at radius 2 is 2.00 bits per heavy atom. The van der Waals surface area contributed by atoms with Crippen molar-refractivity contribution < 1.29 is 13.9 Å². The Bertz CT molecular complexity index is 702. The number of nitrogens with zero attached hydrogens (tertiary/aromatic N) is 2. The molecule has 0 amide bonds. The molecule has 0 aliphatic heterocycles. The molecule has 4 nitrogen and oxygen atoms in total. The molecule has 0 bridgehead atoms. The molecule has 1 fully saturated rings. The van der Waals surface area contributed by atoms with Crippen LogP contribution in [0.4, 0.5) is 8.78 Å². The Morgan fingerprint density at radius 1 is 1.30 bits per heavy atom. The van der Waals surface area contributed by atoms with E-state index in [2.05, 4.69) is 5.10 Å². The van der Waals surface area contributed by atoms with Crippen LogP contribution in [0.1, 0.15) is 31.7 Å². The van der Waals surface area contributed by atoms with E-state index in [1.165, 1.54) is 29.1 Å². The molecule has 3 rings (SSSR count). The highest BCUT2D eigenvalue weighted by Crippen LogP contribution is 2.37. The minimum atomic E-state index is -2.62. The summed E-state index contributed by atoms with van der Waals surface area (Å²) in [6.07, 6.45) is 1.58. The van der Waals surface area contributed by atoms with Gasteiger partial charge in [0.15, 0.2) is 0 Å². The van der Waals surface area contributed by atoms with Crippen LogP contribution in [0, 0.1) is 0 Å². The molecule has 1 aromatic heterocycles. The zero-order valence-electron chi connectivity index (χ0n) is 10.7. The summed E-state index contributed by atoms with van der Waals surface area (Å²) >= 11 is 0. The van der Waals surface area contributed by atoms with Crippen LogP contribution in [0.2, 0.25) is 0 Å². The van der Waals surface area contributed by atoms with Crippen LogP contribution in [0.5, 0.6) is 5.75 Å². The van der Waals surface area contributed by atoms with Gasteiger partial charge in [-0.15, -0.1) is 0 Å². The number of halogens is 2. The van der Waals surface area contributed by atoms with Crippen molar-refractivity contribution in [1.29, 1.82) is 0 Å². The van der Waals surface area contributed by atoms with E-state index in [1.54, 1.807) is 0 Å². The lowest BCUT2D eigenvalue weighted by molar-refractivity contribution is -0.0453. The van der Waals surface area contributed by atoms with Gasteiger partial charge in [0.25, 0.3) is 5.56 Å². The molecule has 0 radical (unpaired) electrons. The predicted molar refractivity (Wildman–Crippen MR) is 70.1 cm³/mol. The normalized spacial score (nSPS) is 19.3. The number of fused-ring (bicyclic) bond motifs is 1. The van der Waals surface area contributed by atoms with Crippen LogP contribution in [0.3, 0.4) is 0 Å². The Balaban J connectivity index is 1.99. The molecule has 1 saturated carbocycles. The highest BCUT2D eigenvalue weighted by molar-refractivity contribution is 5.81. The number of benzene rings is 1. The zero-order valence-corrected chi connectivity index (χ0v) is 10.7. The molecular formula is C14H14F2N2O2. The molecule has 0 spiro atoms. The Labute approximate surface area is 113 Å².